The molecule has 0 amide bonds. The first-order valence-electron chi connectivity index (χ1n) is 4.02. The van der Waals surface area contributed by atoms with Crippen molar-refractivity contribution in [1.82, 2.24) is 19.7 Å². The fraction of sp³-hybridized carbons (Fsp3) is 0.286. The molecular weight excluding hydrogens is 184 g/mol. The molecule has 0 saturated carbocycles. The largest absolute Gasteiger partial charge is 0.388 e. The lowest BCUT2D eigenvalue weighted by atomic mass is 10.4. The van der Waals surface area contributed by atoms with Gasteiger partial charge in [0.25, 0.3) is 0 Å². The predicted molar refractivity (Wildman–Crippen MR) is 50.0 cm³/mol. The summed E-state index contributed by atoms with van der Waals surface area (Å²) in [7, 11) is 1.76. The quantitative estimate of drug-likeness (QED) is 0.425. The van der Waals surface area contributed by atoms with Gasteiger partial charge in [0, 0.05) is 7.05 Å². The zero-order chi connectivity index (χ0) is 10.1. The van der Waals surface area contributed by atoms with Crippen LogP contribution in [0.1, 0.15) is 5.82 Å². The van der Waals surface area contributed by atoms with Crippen LogP contribution >= 0.6 is 0 Å². The normalized spacial score (nSPS) is 10.8. The van der Waals surface area contributed by atoms with E-state index in [1.165, 1.54) is 0 Å². The lowest BCUT2D eigenvalue weighted by Gasteiger charge is -2.02. The summed E-state index contributed by atoms with van der Waals surface area (Å²) in [6.45, 7) is -0.226. The summed E-state index contributed by atoms with van der Waals surface area (Å²) < 4.78 is 1.59. The molecule has 0 spiro atoms. The Morgan fingerprint density at radius 3 is 3.00 bits per heavy atom. The van der Waals surface area contributed by atoms with Crippen molar-refractivity contribution in [2.45, 2.75) is 6.61 Å². The predicted octanol–water partition coefficient (Wildman–Crippen LogP) is -0.859. The molecule has 2 heterocycles. The molecule has 0 radical (unpaired) electrons. The van der Waals surface area contributed by atoms with E-state index in [2.05, 4.69) is 20.5 Å². The Hall–Kier alpha value is -1.73. The van der Waals surface area contributed by atoms with Crippen molar-refractivity contribution in [2.75, 3.05) is 5.43 Å². The first-order valence-corrected chi connectivity index (χ1v) is 4.02. The molecule has 2 rings (SSSR count). The summed E-state index contributed by atoms with van der Waals surface area (Å²) in [5.41, 5.74) is 3.08. The van der Waals surface area contributed by atoms with Crippen LogP contribution in [0.5, 0.6) is 0 Å². The summed E-state index contributed by atoms with van der Waals surface area (Å²) in [6.07, 6.45) is 1.62. The Balaban J connectivity index is 2.76. The van der Waals surface area contributed by atoms with Crippen molar-refractivity contribution in [3.8, 4) is 0 Å². The highest BCUT2D eigenvalue weighted by Crippen LogP contribution is 2.18. The second kappa shape index (κ2) is 3.20. The van der Waals surface area contributed by atoms with E-state index < -0.39 is 0 Å². The number of hydrogen-bond donors (Lipinski definition) is 3. The van der Waals surface area contributed by atoms with Crippen LogP contribution in [-0.4, -0.2) is 24.9 Å². The number of aliphatic hydroxyl groups excluding tert-OH is 1. The maximum atomic E-state index is 8.92. The molecule has 74 valence electrons. The minimum absolute atomic E-state index is 0.226. The zero-order valence-corrected chi connectivity index (χ0v) is 7.60. The third kappa shape index (κ3) is 1.19. The summed E-state index contributed by atoms with van der Waals surface area (Å²) in [5.74, 6) is 6.07. The molecule has 2 aromatic heterocycles. The summed E-state index contributed by atoms with van der Waals surface area (Å²) >= 11 is 0. The monoisotopic (exact) mass is 194 g/mol. The Kier molecular flexibility index (Phi) is 2.02. The number of nitrogens with two attached hydrogens (primary N) is 1. The van der Waals surface area contributed by atoms with E-state index in [-0.39, 0.29) is 6.61 Å². The first kappa shape index (κ1) is 8.85. The molecule has 0 bridgehead atoms. The topological polar surface area (TPSA) is 102 Å². The fourth-order valence-corrected chi connectivity index (χ4v) is 1.25. The van der Waals surface area contributed by atoms with Crippen molar-refractivity contribution >= 4 is 16.9 Å². The standard InChI is InChI=1S/C7H10N6O/c1-13-7-4(2-9-13)6(12-8)10-5(3-14)11-7/h2,14H,3,8H2,1H3,(H,10,11,12). The fourth-order valence-electron chi connectivity index (χ4n) is 1.25. The number of fused-ring (bicyclic) bond motifs is 1. The van der Waals surface area contributed by atoms with Crippen LogP contribution < -0.4 is 11.3 Å². The number of hydrogen-bond acceptors (Lipinski definition) is 6. The van der Waals surface area contributed by atoms with Crippen molar-refractivity contribution in [2.24, 2.45) is 12.9 Å². The van der Waals surface area contributed by atoms with Gasteiger partial charge in [0.1, 0.15) is 6.61 Å². The highest BCUT2D eigenvalue weighted by Gasteiger charge is 2.09. The van der Waals surface area contributed by atoms with Crippen LogP contribution in [-0.2, 0) is 13.7 Å². The van der Waals surface area contributed by atoms with Gasteiger partial charge in [-0.05, 0) is 0 Å². The van der Waals surface area contributed by atoms with Crippen LogP contribution in [0.3, 0.4) is 0 Å². The van der Waals surface area contributed by atoms with E-state index in [4.69, 9.17) is 10.9 Å². The number of aryl methyl sites for hydroxylation is 1. The lowest BCUT2D eigenvalue weighted by molar-refractivity contribution is 0.272. The van der Waals surface area contributed by atoms with Crippen molar-refractivity contribution in [3.63, 3.8) is 0 Å². The first-order chi connectivity index (χ1) is 6.76. The highest BCUT2D eigenvalue weighted by molar-refractivity contribution is 5.86. The molecule has 0 fully saturated rings. The average Bonchev–Trinajstić information content (AvgIpc) is 2.59. The van der Waals surface area contributed by atoms with Gasteiger partial charge in [-0.15, -0.1) is 0 Å². The second-order valence-electron chi connectivity index (χ2n) is 2.80. The molecule has 0 atom stereocenters. The molecule has 0 aromatic carbocycles. The van der Waals surface area contributed by atoms with Gasteiger partial charge in [-0.2, -0.15) is 5.10 Å². The molecule has 2 aromatic rings. The molecule has 0 aliphatic heterocycles. The van der Waals surface area contributed by atoms with E-state index in [1.54, 1.807) is 17.9 Å². The Morgan fingerprint density at radius 2 is 2.36 bits per heavy atom. The van der Waals surface area contributed by atoms with E-state index in [0.29, 0.717) is 17.3 Å². The van der Waals surface area contributed by atoms with Gasteiger partial charge in [-0.3, -0.25) is 4.68 Å². The molecule has 0 aliphatic rings. The minimum atomic E-state index is -0.226. The smallest absolute Gasteiger partial charge is 0.163 e. The van der Waals surface area contributed by atoms with Crippen LogP contribution in [0.2, 0.25) is 0 Å². The van der Waals surface area contributed by atoms with Crippen LogP contribution in [0.25, 0.3) is 11.0 Å². The van der Waals surface area contributed by atoms with E-state index in [1.807, 2.05) is 0 Å². The number of aromatic nitrogens is 4. The van der Waals surface area contributed by atoms with Crippen LogP contribution in [0.4, 0.5) is 5.82 Å². The summed E-state index contributed by atoms with van der Waals surface area (Å²) in [6, 6.07) is 0. The molecule has 7 heteroatoms. The highest BCUT2D eigenvalue weighted by atomic mass is 16.3. The maximum absolute atomic E-state index is 8.92. The minimum Gasteiger partial charge on any atom is -0.388 e. The molecule has 0 saturated heterocycles. The SMILES string of the molecule is Cn1ncc2c(NN)nc(CO)nc21. The van der Waals surface area contributed by atoms with Gasteiger partial charge in [0.2, 0.25) is 0 Å². The molecule has 4 N–H and O–H groups in total. The second-order valence-corrected chi connectivity index (χ2v) is 2.80. The van der Waals surface area contributed by atoms with Gasteiger partial charge < -0.3 is 10.5 Å². The lowest BCUT2D eigenvalue weighted by Crippen LogP contribution is -2.11. The number of nitrogen functional groups attached to an aromatic ring is 1. The van der Waals surface area contributed by atoms with E-state index >= 15 is 0 Å². The van der Waals surface area contributed by atoms with Crippen LogP contribution in [0, 0.1) is 0 Å². The molecule has 0 unspecified atom stereocenters. The third-order valence-corrected chi connectivity index (χ3v) is 1.92. The van der Waals surface area contributed by atoms with Gasteiger partial charge in [-0.1, -0.05) is 0 Å². The number of nitrogens with one attached hydrogen (secondary N) is 1. The number of nitrogens with zero attached hydrogens (tertiary/aromatic N) is 4. The maximum Gasteiger partial charge on any atom is 0.163 e. The van der Waals surface area contributed by atoms with Gasteiger partial charge in [0.15, 0.2) is 17.3 Å². The molecular formula is C7H10N6O. The summed E-state index contributed by atoms with van der Waals surface area (Å²) in [4.78, 5) is 8.11. The Morgan fingerprint density at radius 1 is 1.57 bits per heavy atom. The number of hydrazine groups is 1. The zero-order valence-electron chi connectivity index (χ0n) is 7.60. The van der Waals surface area contributed by atoms with Crippen molar-refractivity contribution in [3.05, 3.63) is 12.0 Å². The molecule has 7 nitrogen and oxygen atoms in total. The van der Waals surface area contributed by atoms with Crippen molar-refractivity contribution in [1.29, 1.82) is 0 Å². The van der Waals surface area contributed by atoms with Crippen LogP contribution in [0.15, 0.2) is 6.20 Å². The molecule has 14 heavy (non-hydrogen) atoms. The van der Waals surface area contributed by atoms with Gasteiger partial charge >= 0.3 is 0 Å². The van der Waals surface area contributed by atoms with E-state index in [0.717, 1.165) is 5.39 Å². The Labute approximate surface area is 79.5 Å². The average molecular weight is 194 g/mol. The van der Waals surface area contributed by atoms with E-state index in [9.17, 15) is 0 Å². The number of aliphatic hydroxyl groups is 1. The molecule has 0 aliphatic carbocycles. The van der Waals surface area contributed by atoms with Gasteiger partial charge in [-0.25, -0.2) is 15.8 Å². The van der Waals surface area contributed by atoms with Crippen molar-refractivity contribution < 1.29 is 5.11 Å². The number of anilines is 1. The third-order valence-electron chi connectivity index (χ3n) is 1.92. The number of rotatable bonds is 2. The van der Waals surface area contributed by atoms with Gasteiger partial charge in [0.05, 0.1) is 11.6 Å². The Bertz CT molecular complexity index is 464. The summed E-state index contributed by atoms with van der Waals surface area (Å²) in [5, 5.41) is 13.7.